The zero-order chi connectivity index (χ0) is 20.0. The number of hydrogen-bond acceptors (Lipinski definition) is 4. The van der Waals surface area contributed by atoms with Gasteiger partial charge in [-0.15, -0.1) is 0 Å². The van der Waals surface area contributed by atoms with Gasteiger partial charge in [-0.05, 0) is 36.8 Å². The number of benzene rings is 1. The van der Waals surface area contributed by atoms with Crippen LogP contribution in [-0.4, -0.2) is 37.9 Å². The molecule has 2 heterocycles. The van der Waals surface area contributed by atoms with Crippen molar-refractivity contribution in [3.05, 3.63) is 52.9 Å². The quantitative estimate of drug-likeness (QED) is 0.589. The third kappa shape index (κ3) is 4.73. The highest BCUT2D eigenvalue weighted by Crippen LogP contribution is 2.36. The van der Waals surface area contributed by atoms with E-state index in [1.807, 2.05) is 6.07 Å². The molecule has 0 unspecified atom stereocenters. The first-order chi connectivity index (χ1) is 13.5. The molecule has 0 spiro atoms. The van der Waals surface area contributed by atoms with Crippen molar-refractivity contribution < 1.29 is 9.26 Å². The highest BCUT2D eigenvalue weighted by Gasteiger charge is 2.35. The van der Waals surface area contributed by atoms with Crippen LogP contribution in [0.25, 0.3) is 0 Å². The maximum Gasteiger partial charge on any atom is 0.191 e. The van der Waals surface area contributed by atoms with Crippen molar-refractivity contribution in [2.45, 2.75) is 51.5 Å². The second-order valence-corrected chi connectivity index (χ2v) is 7.86. The highest BCUT2D eigenvalue weighted by molar-refractivity contribution is 5.79. The number of nitrogens with zero attached hydrogens (tertiary/aromatic N) is 2. The monoisotopic (exact) mass is 384 g/mol. The summed E-state index contributed by atoms with van der Waals surface area (Å²) in [5, 5.41) is 11.0. The zero-order valence-corrected chi connectivity index (χ0v) is 17.4. The van der Waals surface area contributed by atoms with Crippen LogP contribution in [0.5, 0.6) is 0 Å². The Hall–Kier alpha value is -2.34. The second-order valence-electron chi connectivity index (χ2n) is 7.86. The number of aryl methyl sites for hydroxylation is 1. The van der Waals surface area contributed by atoms with E-state index in [-0.39, 0.29) is 5.41 Å². The molecule has 1 aliphatic heterocycles. The summed E-state index contributed by atoms with van der Waals surface area (Å²) in [6.07, 6.45) is 2.00. The Morgan fingerprint density at radius 1 is 1.21 bits per heavy atom. The molecule has 6 heteroatoms. The minimum absolute atomic E-state index is 0.0538. The molecule has 0 radical (unpaired) electrons. The van der Waals surface area contributed by atoms with E-state index < -0.39 is 0 Å². The Balaban J connectivity index is 1.65. The van der Waals surface area contributed by atoms with E-state index in [0.29, 0.717) is 12.5 Å². The standard InChI is InChI=1S/C22H32N4O2/c1-16(2)20-13-18(28-26-20)14-24-21(23-4)25-15-22(9-11-27-12-10-22)19-8-6-5-7-17(19)3/h5-8,13,16H,9-12,14-15H2,1-4H3,(H2,23,24,25). The van der Waals surface area contributed by atoms with E-state index >= 15 is 0 Å². The van der Waals surface area contributed by atoms with Crippen molar-refractivity contribution in [1.82, 2.24) is 15.8 Å². The molecule has 1 saturated heterocycles. The van der Waals surface area contributed by atoms with Crippen LogP contribution >= 0.6 is 0 Å². The van der Waals surface area contributed by atoms with Crippen LogP contribution in [0, 0.1) is 6.92 Å². The second kappa shape index (κ2) is 9.24. The number of guanidine groups is 1. The number of aromatic nitrogens is 1. The number of ether oxygens (including phenoxy) is 1. The van der Waals surface area contributed by atoms with E-state index in [1.54, 1.807) is 7.05 Å². The van der Waals surface area contributed by atoms with Crippen molar-refractivity contribution in [2.24, 2.45) is 4.99 Å². The molecular weight excluding hydrogens is 352 g/mol. The van der Waals surface area contributed by atoms with Gasteiger partial charge in [0.25, 0.3) is 0 Å². The Morgan fingerprint density at radius 3 is 2.61 bits per heavy atom. The number of hydrogen-bond donors (Lipinski definition) is 2. The molecule has 0 bridgehead atoms. The van der Waals surface area contributed by atoms with Gasteiger partial charge in [-0.25, -0.2) is 0 Å². The van der Waals surface area contributed by atoms with Gasteiger partial charge in [0.15, 0.2) is 11.7 Å². The minimum atomic E-state index is 0.0538. The lowest BCUT2D eigenvalue weighted by Gasteiger charge is -2.39. The van der Waals surface area contributed by atoms with E-state index in [2.05, 4.69) is 65.8 Å². The molecule has 0 amide bonds. The van der Waals surface area contributed by atoms with Crippen molar-refractivity contribution in [1.29, 1.82) is 0 Å². The van der Waals surface area contributed by atoms with Gasteiger partial charge in [-0.1, -0.05) is 43.3 Å². The average Bonchev–Trinajstić information content (AvgIpc) is 3.18. The molecule has 1 aliphatic rings. The summed E-state index contributed by atoms with van der Waals surface area (Å²) in [7, 11) is 1.79. The fraction of sp³-hybridized carbons (Fsp3) is 0.545. The van der Waals surface area contributed by atoms with Gasteiger partial charge >= 0.3 is 0 Å². The van der Waals surface area contributed by atoms with Crippen molar-refractivity contribution in [2.75, 3.05) is 26.8 Å². The van der Waals surface area contributed by atoms with Gasteiger partial charge in [0, 0.05) is 38.3 Å². The van der Waals surface area contributed by atoms with Crippen LogP contribution in [-0.2, 0) is 16.7 Å². The molecule has 3 rings (SSSR count). The Morgan fingerprint density at radius 2 is 1.96 bits per heavy atom. The van der Waals surface area contributed by atoms with E-state index in [9.17, 15) is 0 Å². The van der Waals surface area contributed by atoms with Gasteiger partial charge in [0.05, 0.1) is 12.2 Å². The van der Waals surface area contributed by atoms with Gasteiger partial charge in [-0.3, -0.25) is 4.99 Å². The van der Waals surface area contributed by atoms with Crippen LogP contribution in [0.4, 0.5) is 0 Å². The Labute approximate surface area is 167 Å². The number of aliphatic imine (C=N–C) groups is 1. The van der Waals surface area contributed by atoms with E-state index in [0.717, 1.165) is 50.0 Å². The molecule has 28 heavy (non-hydrogen) atoms. The molecule has 6 nitrogen and oxygen atoms in total. The average molecular weight is 385 g/mol. The number of nitrogens with one attached hydrogen (secondary N) is 2. The fourth-order valence-electron chi connectivity index (χ4n) is 3.80. The van der Waals surface area contributed by atoms with Gasteiger partial charge < -0.3 is 19.9 Å². The first-order valence-corrected chi connectivity index (χ1v) is 10.1. The maximum absolute atomic E-state index is 5.65. The summed E-state index contributed by atoms with van der Waals surface area (Å²) in [5.74, 6) is 1.94. The van der Waals surface area contributed by atoms with Crippen molar-refractivity contribution in [3.63, 3.8) is 0 Å². The predicted octanol–water partition coefficient (Wildman–Crippen LogP) is 3.52. The molecular formula is C22H32N4O2. The van der Waals surface area contributed by atoms with Gasteiger partial charge in [-0.2, -0.15) is 0 Å². The fourth-order valence-corrected chi connectivity index (χ4v) is 3.80. The van der Waals surface area contributed by atoms with Crippen LogP contribution in [0.1, 0.15) is 55.2 Å². The lowest BCUT2D eigenvalue weighted by molar-refractivity contribution is 0.0512. The van der Waals surface area contributed by atoms with Crippen LogP contribution < -0.4 is 10.6 Å². The van der Waals surface area contributed by atoms with Gasteiger partial charge in [0.1, 0.15) is 0 Å². The van der Waals surface area contributed by atoms with E-state index in [1.165, 1.54) is 11.1 Å². The molecule has 152 valence electrons. The minimum Gasteiger partial charge on any atom is -0.381 e. The molecule has 2 aromatic rings. The lowest BCUT2D eigenvalue weighted by atomic mass is 9.72. The SMILES string of the molecule is CN=C(NCc1cc(C(C)C)no1)NCC1(c2ccccc2C)CCOCC1. The lowest BCUT2D eigenvalue weighted by Crippen LogP contribution is -2.48. The molecule has 2 N–H and O–H groups in total. The molecule has 0 saturated carbocycles. The Kier molecular flexibility index (Phi) is 6.73. The summed E-state index contributed by atoms with van der Waals surface area (Å²) in [5.41, 5.74) is 3.76. The normalized spacial score (nSPS) is 17.0. The predicted molar refractivity (Wildman–Crippen MR) is 112 cm³/mol. The van der Waals surface area contributed by atoms with E-state index in [4.69, 9.17) is 9.26 Å². The van der Waals surface area contributed by atoms with Crippen LogP contribution in [0.2, 0.25) is 0 Å². The van der Waals surface area contributed by atoms with Crippen LogP contribution in [0.15, 0.2) is 39.8 Å². The number of rotatable bonds is 6. The molecule has 0 atom stereocenters. The summed E-state index contributed by atoms with van der Waals surface area (Å²) in [4.78, 5) is 4.38. The summed E-state index contributed by atoms with van der Waals surface area (Å²) >= 11 is 0. The van der Waals surface area contributed by atoms with Crippen molar-refractivity contribution in [3.8, 4) is 0 Å². The summed E-state index contributed by atoms with van der Waals surface area (Å²) < 4.78 is 11.1. The van der Waals surface area contributed by atoms with Gasteiger partial charge in [0.2, 0.25) is 0 Å². The summed E-state index contributed by atoms with van der Waals surface area (Å²) in [6.45, 7) is 9.35. The zero-order valence-electron chi connectivity index (χ0n) is 17.4. The molecule has 1 aromatic carbocycles. The Bertz CT molecular complexity index is 791. The van der Waals surface area contributed by atoms with Crippen molar-refractivity contribution >= 4 is 5.96 Å². The maximum atomic E-state index is 5.65. The first kappa shape index (κ1) is 20.4. The molecule has 0 aliphatic carbocycles. The largest absolute Gasteiger partial charge is 0.381 e. The first-order valence-electron chi connectivity index (χ1n) is 10.1. The molecule has 1 fully saturated rings. The topological polar surface area (TPSA) is 71.7 Å². The summed E-state index contributed by atoms with van der Waals surface area (Å²) in [6, 6.07) is 10.7. The highest BCUT2D eigenvalue weighted by atomic mass is 16.5. The van der Waals surface area contributed by atoms with Crippen LogP contribution in [0.3, 0.4) is 0 Å². The third-order valence-electron chi connectivity index (χ3n) is 5.58. The third-order valence-corrected chi connectivity index (χ3v) is 5.58. The smallest absolute Gasteiger partial charge is 0.191 e. The molecule has 1 aromatic heterocycles.